The van der Waals surface area contributed by atoms with Crippen LogP contribution in [-0.2, 0) is 20.8 Å². The summed E-state index contributed by atoms with van der Waals surface area (Å²) in [5.74, 6) is 0.217. The maximum atomic E-state index is 13.1. The first-order valence-electron chi connectivity index (χ1n) is 10.4. The highest BCUT2D eigenvalue weighted by atomic mass is 16.5. The monoisotopic (exact) mass is 425 g/mol. The largest absolute Gasteiger partial charge is 0.493 e. The van der Waals surface area contributed by atoms with Gasteiger partial charge in [-0.1, -0.05) is 30.3 Å². The first kappa shape index (κ1) is 22.3. The van der Waals surface area contributed by atoms with Crippen LogP contribution in [0, 0.1) is 0 Å². The number of benzene rings is 2. The van der Waals surface area contributed by atoms with Crippen LogP contribution in [0.25, 0.3) is 0 Å². The molecule has 0 radical (unpaired) electrons. The maximum Gasteiger partial charge on any atom is 0.307 e. The molecule has 7 nitrogen and oxygen atoms in total. The van der Waals surface area contributed by atoms with E-state index in [-0.39, 0.29) is 24.7 Å². The van der Waals surface area contributed by atoms with Crippen molar-refractivity contribution in [2.45, 2.75) is 45.1 Å². The van der Waals surface area contributed by atoms with Gasteiger partial charge in [-0.05, 0) is 38.0 Å². The molecular weight excluding hydrogens is 398 g/mol. The van der Waals surface area contributed by atoms with E-state index in [9.17, 15) is 14.4 Å². The summed E-state index contributed by atoms with van der Waals surface area (Å²) >= 11 is 0. The third kappa shape index (κ3) is 6.07. The fourth-order valence-corrected chi connectivity index (χ4v) is 3.56. The molecule has 1 N–H and O–H groups in total. The summed E-state index contributed by atoms with van der Waals surface area (Å²) in [5.41, 5.74) is 1.32. The molecule has 2 aromatic carbocycles. The number of carbonyl (C=O) groups excluding carboxylic acids is 2. The normalized spacial score (nSPS) is 15.2. The first-order valence-corrected chi connectivity index (χ1v) is 10.4. The molecule has 1 heterocycles. The SMILES string of the molecule is CC(=O)CCCCN1C(=O)C(CCOc2ccccc2CC(=O)O)Oc2ccccc21. The molecule has 3 rings (SSSR count). The molecule has 0 saturated heterocycles. The Bertz CT molecular complexity index is 941. The molecule has 0 fully saturated rings. The predicted octanol–water partition coefficient (Wildman–Crippen LogP) is 3.64. The minimum Gasteiger partial charge on any atom is -0.493 e. The molecular formula is C24H27NO6. The van der Waals surface area contributed by atoms with Crippen LogP contribution in [-0.4, -0.2) is 42.0 Å². The summed E-state index contributed by atoms with van der Waals surface area (Å²) < 4.78 is 11.7. The maximum absolute atomic E-state index is 13.1. The average Bonchev–Trinajstić information content (AvgIpc) is 2.73. The summed E-state index contributed by atoms with van der Waals surface area (Å²) in [5, 5.41) is 9.05. The van der Waals surface area contributed by atoms with Crippen LogP contribution in [0.4, 0.5) is 5.69 Å². The number of carboxylic acids is 1. The van der Waals surface area contributed by atoms with Gasteiger partial charge in [0.05, 0.1) is 18.7 Å². The van der Waals surface area contributed by atoms with Crippen molar-refractivity contribution < 1.29 is 29.0 Å². The number of amides is 1. The van der Waals surface area contributed by atoms with Crippen molar-refractivity contribution in [3.63, 3.8) is 0 Å². The highest BCUT2D eigenvalue weighted by Crippen LogP contribution is 2.34. The van der Waals surface area contributed by atoms with Gasteiger partial charge < -0.3 is 24.3 Å². The molecule has 1 amide bonds. The van der Waals surface area contributed by atoms with E-state index in [0.29, 0.717) is 36.4 Å². The topological polar surface area (TPSA) is 93.1 Å². The Morgan fingerprint density at radius 2 is 1.84 bits per heavy atom. The quantitative estimate of drug-likeness (QED) is 0.553. The highest BCUT2D eigenvalue weighted by molar-refractivity contribution is 6.00. The van der Waals surface area contributed by atoms with E-state index in [0.717, 1.165) is 18.5 Å². The zero-order valence-corrected chi connectivity index (χ0v) is 17.6. The molecule has 0 spiro atoms. The summed E-state index contributed by atoms with van der Waals surface area (Å²) in [6.07, 6.45) is 1.48. The lowest BCUT2D eigenvalue weighted by Crippen LogP contribution is -2.47. The molecule has 164 valence electrons. The number of fused-ring (bicyclic) bond motifs is 1. The lowest BCUT2D eigenvalue weighted by molar-refractivity contribution is -0.136. The lowest BCUT2D eigenvalue weighted by Gasteiger charge is -2.34. The van der Waals surface area contributed by atoms with Crippen molar-refractivity contribution in [3.05, 3.63) is 54.1 Å². The van der Waals surface area contributed by atoms with E-state index >= 15 is 0 Å². The van der Waals surface area contributed by atoms with Gasteiger partial charge in [0, 0.05) is 24.9 Å². The summed E-state index contributed by atoms with van der Waals surface area (Å²) in [7, 11) is 0. The number of hydrogen-bond donors (Lipinski definition) is 1. The number of hydrogen-bond acceptors (Lipinski definition) is 5. The molecule has 0 saturated carbocycles. The van der Waals surface area contributed by atoms with Crippen LogP contribution in [0.3, 0.4) is 0 Å². The number of rotatable bonds is 11. The molecule has 2 aromatic rings. The van der Waals surface area contributed by atoms with Gasteiger partial charge in [0.15, 0.2) is 6.10 Å². The molecule has 31 heavy (non-hydrogen) atoms. The van der Waals surface area contributed by atoms with Gasteiger partial charge in [-0.2, -0.15) is 0 Å². The van der Waals surface area contributed by atoms with E-state index in [1.165, 1.54) is 0 Å². The highest BCUT2D eigenvalue weighted by Gasteiger charge is 2.33. The fourth-order valence-electron chi connectivity index (χ4n) is 3.56. The summed E-state index contributed by atoms with van der Waals surface area (Å²) in [6.45, 7) is 2.30. The van der Waals surface area contributed by atoms with Crippen molar-refractivity contribution in [2.75, 3.05) is 18.1 Å². The van der Waals surface area contributed by atoms with E-state index in [1.54, 1.807) is 36.1 Å². The van der Waals surface area contributed by atoms with Gasteiger partial charge in [-0.15, -0.1) is 0 Å². The second-order valence-electron chi connectivity index (χ2n) is 7.54. The van der Waals surface area contributed by atoms with Crippen molar-refractivity contribution in [3.8, 4) is 11.5 Å². The predicted molar refractivity (Wildman–Crippen MR) is 116 cm³/mol. The standard InChI is InChI=1S/C24H27NO6/c1-17(26)8-6-7-14-25-19-10-3-5-12-21(19)31-22(24(25)29)13-15-30-20-11-4-2-9-18(20)16-23(27)28/h2-5,9-12,22H,6-8,13-16H2,1H3,(H,27,28). The first-order chi connectivity index (χ1) is 15.0. The molecule has 0 bridgehead atoms. The number of Topliss-reactive ketones (excluding diaryl/α,β-unsaturated/α-hetero) is 1. The van der Waals surface area contributed by atoms with E-state index < -0.39 is 12.1 Å². The number of para-hydroxylation sites is 3. The Morgan fingerprint density at radius 3 is 2.61 bits per heavy atom. The van der Waals surface area contributed by atoms with Crippen LogP contribution in [0.5, 0.6) is 11.5 Å². The molecule has 0 aliphatic carbocycles. The molecule has 7 heteroatoms. The number of aliphatic carboxylic acids is 1. The number of anilines is 1. The molecule has 1 atom stereocenters. The molecule has 1 aliphatic rings. The number of carbonyl (C=O) groups is 3. The van der Waals surface area contributed by atoms with Gasteiger partial charge >= 0.3 is 5.97 Å². The fraction of sp³-hybridized carbons (Fsp3) is 0.375. The summed E-state index contributed by atoms with van der Waals surface area (Å²) in [4.78, 5) is 37.0. The smallest absolute Gasteiger partial charge is 0.307 e. The number of carboxylic acid groups (broad SMARTS) is 1. The second kappa shape index (κ2) is 10.6. The Hall–Kier alpha value is -3.35. The lowest BCUT2D eigenvalue weighted by atomic mass is 10.1. The zero-order chi connectivity index (χ0) is 22.2. The van der Waals surface area contributed by atoms with Crippen LogP contribution in [0.2, 0.25) is 0 Å². The zero-order valence-electron chi connectivity index (χ0n) is 17.6. The van der Waals surface area contributed by atoms with E-state index in [4.69, 9.17) is 14.6 Å². The Morgan fingerprint density at radius 1 is 1.10 bits per heavy atom. The van der Waals surface area contributed by atoms with Gasteiger partial charge in [0.25, 0.3) is 5.91 Å². The Kier molecular flexibility index (Phi) is 7.65. The van der Waals surface area contributed by atoms with Gasteiger partial charge in [0.2, 0.25) is 0 Å². The minimum atomic E-state index is -0.932. The second-order valence-corrected chi connectivity index (χ2v) is 7.54. The number of nitrogens with zero attached hydrogens (tertiary/aromatic N) is 1. The number of ether oxygens (including phenoxy) is 2. The molecule has 1 aliphatic heterocycles. The van der Waals surface area contributed by atoms with Gasteiger partial charge in [-0.3, -0.25) is 9.59 Å². The van der Waals surface area contributed by atoms with Gasteiger partial charge in [0.1, 0.15) is 17.3 Å². The average molecular weight is 425 g/mol. The molecule has 0 aromatic heterocycles. The third-order valence-corrected chi connectivity index (χ3v) is 5.08. The summed E-state index contributed by atoms with van der Waals surface area (Å²) in [6, 6.07) is 14.4. The van der Waals surface area contributed by atoms with Gasteiger partial charge in [-0.25, -0.2) is 0 Å². The van der Waals surface area contributed by atoms with E-state index in [1.807, 2.05) is 24.3 Å². The van der Waals surface area contributed by atoms with Crippen molar-refractivity contribution in [1.29, 1.82) is 0 Å². The third-order valence-electron chi connectivity index (χ3n) is 5.08. The van der Waals surface area contributed by atoms with Crippen molar-refractivity contribution >= 4 is 23.3 Å². The van der Waals surface area contributed by atoms with Crippen LogP contribution in [0.1, 0.15) is 38.2 Å². The van der Waals surface area contributed by atoms with Crippen LogP contribution >= 0.6 is 0 Å². The Balaban J connectivity index is 1.63. The van der Waals surface area contributed by atoms with Crippen LogP contribution in [0.15, 0.2) is 48.5 Å². The van der Waals surface area contributed by atoms with Crippen molar-refractivity contribution in [2.24, 2.45) is 0 Å². The number of unbranched alkanes of at least 4 members (excludes halogenated alkanes) is 1. The molecule has 1 unspecified atom stereocenters. The van der Waals surface area contributed by atoms with E-state index in [2.05, 4.69) is 0 Å². The van der Waals surface area contributed by atoms with Crippen LogP contribution < -0.4 is 14.4 Å². The number of ketones is 1. The minimum absolute atomic E-state index is 0.129. The van der Waals surface area contributed by atoms with Crippen molar-refractivity contribution in [1.82, 2.24) is 0 Å². The Labute approximate surface area is 181 Å².